The molecule has 3 atom stereocenters. The van der Waals surface area contributed by atoms with E-state index in [0.717, 1.165) is 31.5 Å². The van der Waals surface area contributed by atoms with E-state index in [2.05, 4.69) is 19.1 Å². The average molecular weight is 295 g/mol. The Labute approximate surface area is 126 Å². The molecule has 0 bridgehead atoms. The number of hydrogen-bond donors (Lipinski definition) is 1. The van der Waals surface area contributed by atoms with Gasteiger partial charge in [0.25, 0.3) is 5.91 Å². The number of nitrogens with zero attached hydrogens (tertiary/aromatic N) is 1. The van der Waals surface area contributed by atoms with Crippen molar-refractivity contribution in [2.45, 2.75) is 32.2 Å². The molecule has 1 saturated carbocycles. The highest BCUT2D eigenvalue weighted by atomic mass is 35.5. The summed E-state index contributed by atoms with van der Waals surface area (Å²) in [6.45, 7) is 3.87. The summed E-state index contributed by atoms with van der Waals surface area (Å²) in [4.78, 5) is 14.5. The van der Waals surface area contributed by atoms with Crippen LogP contribution in [0.4, 0.5) is 0 Å². The van der Waals surface area contributed by atoms with Crippen molar-refractivity contribution in [3.05, 3.63) is 35.4 Å². The molecule has 1 aromatic rings. The Morgan fingerprint density at radius 3 is 2.55 bits per heavy atom. The lowest BCUT2D eigenvalue weighted by Crippen LogP contribution is -2.33. The standard InChI is InChI=1S/C16H22N2O.ClH/c1-2-11-3-5-12(6-4-11)16(19)18-9-13-7-8-15(17)14(13)10-18;/h3-6,13-15H,2,7-10,17H2,1H3;1H. The number of rotatable bonds is 2. The second-order valence-corrected chi connectivity index (χ2v) is 5.93. The zero-order valence-electron chi connectivity index (χ0n) is 11.9. The zero-order valence-corrected chi connectivity index (χ0v) is 12.7. The molecule has 3 unspecified atom stereocenters. The van der Waals surface area contributed by atoms with Gasteiger partial charge in [-0.15, -0.1) is 12.4 Å². The molecule has 0 radical (unpaired) electrons. The van der Waals surface area contributed by atoms with Crippen molar-refractivity contribution in [3.63, 3.8) is 0 Å². The van der Waals surface area contributed by atoms with Crippen molar-refractivity contribution in [1.82, 2.24) is 4.90 Å². The summed E-state index contributed by atoms with van der Waals surface area (Å²) < 4.78 is 0. The van der Waals surface area contributed by atoms with E-state index in [-0.39, 0.29) is 18.3 Å². The Kier molecular flexibility index (Phi) is 4.71. The Bertz CT molecular complexity index is 474. The Balaban J connectivity index is 0.00000147. The Morgan fingerprint density at radius 1 is 1.25 bits per heavy atom. The molecule has 1 amide bonds. The maximum absolute atomic E-state index is 12.5. The van der Waals surface area contributed by atoms with E-state index < -0.39 is 0 Å². The van der Waals surface area contributed by atoms with Crippen molar-refractivity contribution in [2.75, 3.05) is 13.1 Å². The number of aryl methyl sites for hydroxylation is 1. The molecule has 0 spiro atoms. The molecule has 3 nitrogen and oxygen atoms in total. The van der Waals surface area contributed by atoms with Gasteiger partial charge in [-0.25, -0.2) is 0 Å². The topological polar surface area (TPSA) is 46.3 Å². The molecule has 1 aliphatic heterocycles. The molecule has 3 rings (SSSR count). The van der Waals surface area contributed by atoms with E-state index in [9.17, 15) is 4.79 Å². The van der Waals surface area contributed by atoms with Gasteiger partial charge in [0.2, 0.25) is 0 Å². The monoisotopic (exact) mass is 294 g/mol. The number of carbonyl (C=O) groups excluding carboxylic acids is 1. The Morgan fingerprint density at radius 2 is 1.95 bits per heavy atom. The third kappa shape index (κ3) is 2.70. The molecule has 2 aliphatic rings. The van der Waals surface area contributed by atoms with Gasteiger partial charge in [-0.3, -0.25) is 4.79 Å². The van der Waals surface area contributed by atoms with Gasteiger partial charge in [0, 0.05) is 24.7 Å². The van der Waals surface area contributed by atoms with Crippen LogP contribution in [0.25, 0.3) is 0 Å². The fourth-order valence-electron chi connectivity index (χ4n) is 3.54. The zero-order chi connectivity index (χ0) is 13.4. The van der Waals surface area contributed by atoms with Crippen LogP contribution in [0.3, 0.4) is 0 Å². The minimum atomic E-state index is 0. The van der Waals surface area contributed by atoms with Gasteiger partial charge in [-0.05, 0) is 48.8 Å². The van der Waals surface area contributed by atoms with Crippen LogP contribution in [0, 0.1) is 11.8 Å². The molecule has 1 aliphatic carbocycles. The molecule has 4 heteroatoms. The first kappa shape index (κ1) is 15.3. The van der Waals surface area contributed by atoms with Gasteiger partial charge < -0.3 is 10.6 Å². The van der Waals surface area contributed by atoms with E-state index in [1.807, 2.05) is 17.0 Å². The fourth-order valence-corrected chi connectivity index (χ4v) is 3.54. The first-order valence-electron chi connectivity index (χ1n) is 7.33. The van der Waals surface area contributed by atoms with Crippen molar-refractivity contribution in [2.24, 2.45) is 17.6 Å². The third-order valence-corrected chi connectivity index (χ3v) is 4.81. The van der Waals surface area contributed by atoms with Crippen molar-refractivity contribution < 1.29 is 4.79 Å². The van der Waals surface area contributed by atoms with Crippen LogP contribution in [0.5, 0.6) is 0 Å². The molecule has 1 saturated heterocycles. The number of halogens is 1. The first-order valence-corrected chi connectivity index (χ1v) is 7.33. The van der Waals surface area contributed by atoms with E-state index in [0.29, 0.717) is 17.9 Å². The first-order chi connectivity index (χ1) is 9.19. The van der Waals surface area contributed by atoms with E-state index >= 15 is 0 Å². The number of carbonyl (C=O) groups is 1. The van der Waals surface area contributed by atoms with Gasteiger partial charge in [0.05, 0.1) is 0 Å². The molecule has 1 aromatic carbocycles. The van der Waals surface area contributed by atoms with Crippen molar-refractivity contribution in [1.29, 1.82) is 0 Å². The van der Waals surface area contributed by atoms with Gasteiger partial charge in [-0.2, -0.15) is 0 Å². The number of benzene rings is 1. The molecule has 2 fully saturated rings. The number of hydrogen-bond acceptors (Lipinski definition) is 2. The molecule has 1 heterocycles. The minimum absolute atomic E-state index is 0. The molecule has 20 heavy (non-hydrogen) atoms. The fraction of sp³-hybridized carbons (Fsp3) is 0.562. The van der Waals surface area contributed by atoms with Crippen molar-refractivity contribution >= 4 is 18.3 Å². The predicted molar refractivity (Wildman–Crippen MR) is 83.2 cm³/mol. The highest BCUT2D eigenvalue weighted by Gasteiger charge is 2.42. The maximum atomic E-state index is 12.5. The van der Waals surface area contributed by atoms with Gasteiger partial charge in [0.1, 0.15) is 0 Å². The molecular formula is C16H23ClN2O. The quantitative estimate of drug-likeness (QED) is 0.911. The molecule has 110 valence electrons. The smallest absolute Gasteiger partial charge is 0.253 e. The van der Waals surface area contributed by atoms with Crippen LogP contribution in [0.2, 0.25) is 0 Å². The summed E-state index contributed by atoms with van der Waals surface area (Å²) in [5.74, 6) is 1.33. The Hall–Kier alpha value is -1.06. The summed E-state index contributed by atoms with van der Waals surface area (Å²) in [6, 6.07) is 8.31. The third-order valence-electron chi connectivity index (χ3n) is 4.81. The van der Waals surface area contributed by atoms with Crippen LogP contribution >= 0.6 is 12.4 Å². The lowest BCUT2D eigenvalue weighted by atomic mass is 9.98. The van der Waals surface area contributed by atoms with Crippen LogP contribution in [0.15, 0.2) is 24.3 Å². The highest BCUT2D eigenvalue weighted by molar-refractivity contribution is 5.94. The largest absolute Gasteiger partial charge is 0.338 e. The summed E-state index contributed by atoms with van der Waals surface area (Å²) in [7, 11) is 0. The number of nitrogens with two attached hydrogens (primary N) is 1. The summed E-state index contributed by atoms with van der Waals surface area (Å²) in [5, 5.41) is 0. The summed E-state index contributed by atoms with van der Waals surface area (Å²) >= 11 is 0. The summed E-state index contributed by atoms with van der Waals surface area (Å²) in [5.41, 5.74) is 8.21. The lowest BCUT2D eigenvalue weighted by Gasteiger charge is -2.19. The second kappa shape index (κ2) is 6.15. The van der Waals surface area contributed by atoms with E-state index in [1.165, 1.54) is 12.0 Å². The lowest BCUT2D eigenvalue weighted by molar-refractivity contribution is 0.0779. The normalized spacial score (nSPS) is 28.1. The molecule has 2 N–H and O–H groups in total. The maximum Gasteiger partial charge on any atom is 0.253 e. The van der Waals surface area contributed by atoms with Crippen LogP contribution < -0.4 is 5.73 Å². The average Bonchev–Trinajstić information content (AvgIpc) is 3.01. The van der Waals surface area contributed by atoms with Gasteiger partial charge >= 0.3 is 0 Å². The van der Waals surface area contributed by atoms with Gasteiger partial charge in [0.15, 0.2) is 0 Å². The number of fused-ring (bicyclic) bond motifs is 1. The molecule has 0 aromatic heterocycles. The number of likely N-dealkylation sites (tertiary alicyclic amines) is 1. The SMILES string of the molecule is CCc1ccc(C(=O)N2CC3CCC(N)C3C2)cc1.Cl. The molecular weight excluding hydrogens is 272 g/mol. The van der Waals surface area contributed by atoms with E-state index in [4.69, 9.17) is 5.73 Å². The van der Waals surface area contributed by atoms with Crippen molar-refractivity contribution in [3.8, 4) is 0 Å². The summed E-state index contributed by atoms with van der Waals surface area (Å²) in [6.07, 6.45) is 3.32. The number of amides is 1. The van der Waals surface area contributed by atoms with Crippen LogP contribution in [-0.2, 0) is 6.42 Å². The minimum Gasteiger partial charge on any atom is -0.338 e. The second-order valence-electron chi connectivity index (χ2n) is 5.93. The van der Waals surface area contributed by atoms with Crippen LogP contribution in [-0.4, -0.2) is 29.9 Å². The highest BCUT2D eigenvalue weighted by Crippen LogP contribution is 2.37. The van der Waals surface area contributed by atoms with Crippen LogP contribution in [0.1, 0.15) is 35.7 Å². The van der Waals surface area contributed by atoms with Gasteiger partial charge in [-0.1, -0.05) is 19.1 Å². The van der Waals surface area contributed by atoms with E-state index in [1.54, 1.807) is 0 Å². The predicted octanol–water partition coefficient (Wildman–Crippen LogP) is 2.48.